The predicted molar refractivity (Wildman–Crippen MR) is 99.2 cm³/mol. The minimum absolute atomic E-state index is 0.0145. The van der Waals surface area contributed by atoms with Crippen LogP contribution in [-0.2, 0) is 21.6 Å². The molecule has 1 unspecified atom stereocenters. The number of carbonyl (C=O) groups excluding carboxylic acids is 2. The summed E-state index contributed by atoms with van der Waals surface area (Å²) in [4.78, 5) is 24.0. The zero-order valence-corrected chi connectivity index (χ0v) is 16.1. The molecule has 9 heteroatoms. The smallest absolute Gasteiger partial charge is 0.426 e. The van der Waals surface area contributed by atoms with Gasteiger partial charge in [-0.1, -0.05) is 26.0 Å². The quantitative estimate of drug-likeness (QED) is 0.559. The molecule has 1 heterocycles. The van der Waals surface area contributed by atoms with Gasteiger partial charge >= 0.3 is 12.1 Å². The van der Waals surface area contributed by atoms with Gasteiger partial charge in [0.1, 0.15) is 12.4 Å². The first kappa shape index (κ1) is 21.8. The zero-order valence-electron chi connectivity index (χ0n) is 16.1. The molecule has 0 radical (unpaired) electrons. The second kappa shape index (κ2) is 7.39. The molecule has 0 spiro atoms. The number of hydrogen-bond donors (Lipinski definition) is 2. The van der Waals surface area contributed by atoms with Crippen molar-refractivity contribution < 1.29 is 37.0 Å². The first-order chi connectivity index (χ1) is 13.8. The summed E-state index contributed by atoms with van der Waals surface area (Å²) in [7, 11) is 0. The Kier molecular flexibility index (Phi) is 5.36. The summed E-state index contributed by atoms with van der Waals surface area (Å²) in [5.41, 5.74) is -4.03. The molecule has 30 heavy (non-hydrogen) atoms. The van der Waals surface area contributed by atoms with Crippen LogP contribution in [0.1, 0.15) is 41.8 Å². The van der Waals surface area contributed by atoms with Gasteiger partial charge in [-0.15, -0.1) is 0 Å². The van der Waals surface area contributed by atoms with E-state index in [1.54, 1.807) is 0 Å². The van der Waals surface area contributed by atoms with Gasteiger partial charge < -0.3 is 15.2 Å². The molecule has 0 aromatic heterocycles. The highest BCUT2D eigenvalue weighted by Crippen LogP contribution is 2.42. The predicted octanol–water partition coefficient (Wildman–Crippen LogP) is 4.10. The van der Waals surface area contributed by atoms with E-state index in [2.05, 4.69) is 5.32 Å². The first-order valence-corrected chi connectivity index (χ1v) is 9.00. The molecule has 2 aromatic carbocycles. The third-order valence-corrected chi connectivity index (χ3v) is 5.11. The molecule has 1 aliphatic rings. The van der Waals surface area contributed by atoms with Crippen LogP contribution in [-0.4, -0.2) is 28.8 Å². The summed E-state index contributed by atoms with van der Waals surface area (Å²) in [6.45, 7) is 2.78. The van der Waals surface area contributed by atoms with Crippen LogP contribution in [0.2, 0.25) is 0 Å². The van der Waals surface area contributed by atoms with E-state index < -0.39 is 41.3 Å². The number of halogens is 4. The van der Waals surface area contributed by atoms with Crippen LogP contribution in [0.25, 0.3) is 0 Å². The lowest BCUT2D eigenvalue weighted by Crippen LogP contribution is -2.57. The van der Waals surface area contributed by atoms with E-state index in [0.717, 1.165) is 12.1 Å². The number of esters is 1. The number of hydrogen-bond acceptors (Lipinski definition) is 4. The number of carbonyl (C=O) groups is 2. The number of aliphatic hydroxyl groups is 1. The molecule has 0 aliphatic carbocycles. The van der Waals surface area contributed by atoms with E-state index in [4.69, 9.17) is 4.74 Å². The number of ether oxygens (including phenoxy) is 1. The molecular formula is C21H19F4NO4. The molecule has 2 N–H and O–H groups in total. The van der Waals surface area contributed by atoms with Crippen molar-refractivity contribution in [3.05, 3.63) is 65.0 Å². The van der Waals surface area contributed by atoms with Crippen LogP contribution >= 0.6 is 0 Å². The number of cyclic esters (lactones) is 1. The monoisotopic (exact) mass is 425 g/mol. The summed E-state index contributed by atoms with van der Waals surface area (Å²) < 4.78 is 59.4. The van der Waals surface area contributed by atoms with Crippen molar-refractivity contribution in [3.8, 4) is 0 Å². The Labute approximate surface area is 169 Å². The molecule has 3 rings (SSSR count). The second-order valence-corrected chi connectivity index (χ2v) is 7.83. The van der Waals surface area contributed by atoms with Gasteiger partial charge in [-0.3, -0.25) is 4.79 Å². The van der Waals surface area contributed by atoms with Crippen molar-refractivity contribution in [2.24, 2.45) is 0 Å². The summed E-state index contributed by atoms with van der Waals surface area (Å²) in [5, 5.41) is 12.6. The fraction of sp³-hybridized carbons (Fsp3) is 0.333. The van der Waals surface area contributed by atoms with E-state index in [1.807, 2.05) is 0 Å². The Bertz CT molecular complexity index is 985. The van der Waals surface area contributed by atoms with Crippen molar-refractivity contribution in [3.63, 3.8) is 0 Å². The average Bonchev–Trinajstić information content (AvgIpc) is 3.01. The molecule has 0 saturated carbocycles. The van der Waals surface area contributed by atoms with Crippen molar-refractivity contribution in [1.29, 1.82) is 0 Å². The van der Waals surface area contributed by atoms with Crippen molar-refractivity contribution >= 4 is 17.6 Å². The molecule has 160 valence electrons. The molecule has 1 aliphatic heterocycles. The Hall–Kier alpha value is -2.94. The number of nitrogens with one attached hydrogen (secondary N) is 1. The lowest BCUT2D eigenvalue weighted by molar-refractivity contribution is -0.254. The van der Waals surface area contributed by atoms with E-state index >= 15 is 0 Å². The zero-order chi connectivity index (χ0) is 22.3. The summed E-state index contributed by atoms with van der Waals surface area (Å²) in [5.74, 6) is -2.77. The molecule has 1 atom stereocenters. The Morgan fingerprint density at radius 1 is 1.13 bits per heavy atom. The van der Waals surface area contributed by atoms with Gasteiger partial charge in [0.2, 0.25) is 5.60 Å². The van der Waals surface area contributed by atoms with Crippen LogP contribution in [0.3, 0.4) is 0 Å². The SMILES string of the molecule is CC(C)(CC(O)(C(=O)Nc1ccc2c(c1)COC2=O)C(F)(F)F)c1ccc(F)cc1. The van der Waals surface area contributed by atoms with E-state index in [0.29, 0.717) is 11.1 Å². The van der Waals surface area contributed by atoms with Crippen LogP contribution in [0, 0.1) is 5.82 Å². The average molecular weight is 425 g/mol. The molecule has 0 bridgehead atoms. The minimum atomic E-state index is -5.27. The normalized spacial score (nSPS) is 15.9. The maximum Gasteiger partial charge on any atom is 0.426 e. The van der Waals surface area contributed by atoms with Crippen molar-refractivity contribution in [2.45, 2.75) is 44.1 Å². The van der Waals surface area contributed by atoms with Gasteiger partial charge in [-0.2, -0.15) is 13.2 Å². The van der Waals surface area contributed by atoms with Gasteiger partial charge in [0.25, 0.3) is 5.91 Å². The molecule has 1 amide bonds. The van der Waals surface area contributed by atoms with Crippen LogP contribution in [0.15, 0.2) is 42.5 Å². The molecule has 2 aromatic rings. The van der Waals surface area contributed by atoms with Crippen LogP contribution < -0.4 is 5.32 Å². The molecule has 0 saturated heterocycles. The number of amides is 1. The minimum Gasteiger partial charge on any atom is -0.457 e. The fourth-order valence-electron chi connectivity index (χ4n) is 3.40. The Morgan fingerprint density at radius 3 is 2.37 bits per heavy atom. The van der Waals surface area contributed by atoms with Gasteiger partial charge in [0.15, 0.2) is 0 Å². The molecular weight excluding hydrogens is 406 g/mol. The fourth-order valence-corrected chi connectivity index (χ4v) is 3.40. The maximum atomic E-state index is 13.8. The first-order valence-electron chi connectivity index (χ1n) is 9.00. The maximum absolute atomic E-state index is 13.8. The van der Waals surface area contributed by atoms with E-state index in [1.165, 1.54) is 44.2 Å². The summed E-state index contributed by atoms with van der Waals surface area (Å²) in [6.07, 6.45) is -6.27. The number of rotatable bonds is 5. The van der Waals surface area contributed by atoms with Crippen molar-refractivity contribution in [2.75, 3.05) is 5.32 Å². The summed E-state index contributed by atoms with van der Waals surface area (Å²) >= 11 is 0. The third-order valence-electron chi connectivity index (χ3n) is 5.11. The highest BCUT2D eigenvalue weighted by Gasteiger charge is 2.61. The van der Waals surface area contributed by atoms with Gasteiger partial charge in [0.05, 0.1) is 5.56 Å². The topological polar surface area (TPSA) is 75.6 Å². The number of fused-ring (bicyclic) bond motifs is 1. The van der Waals surface area contributed by atoms with Gasteiger partial charge in [0, 0.05) is 17.7 Å². The highest BCUT2D eigenvalue weighted by molar-refractivity contribution is 5.99. The Balaban J connectivity index is 1.88. The van der Waals surface area contributed by atoms with Gasteiger partial charge in [-0.25, -0.2) is 9.18 Å². The lowest BCUT2D eigenvalue weighted by atomic mass is 9.74. The lowest BCUT2D eigenvalue weighted by Gasteiger charge is -2.36. The van der Waals surface area contributed by atoms with Crippen molar-refractivity contribution in [1.82, 2.24) is 0 Å². The highest BCUT2D eigenvalue weighted by atomic mass is 19.4. The number of anilines is 1. The second-order valence-electron chi connectivity index (χ2n) is 7.83. The number of benzene rings is 2. The molecule has 5 nitrogen and oxygen atoms in total. The standard InChI is InChI=1S/C21H19F4NO4/c1-19(2,13-3-5-14(22)6-4-13)11-20(29,21(23,24)25)18(28)26-15-7-8-16-12(9-15)10-30-17(16)27/h3-9,29H,10-11H2,1-2H3,(H,26,28). The number of alkyl halides is 3. The largest absolute Gasteiger partial charge is 0.457 e. The van der Waals surface area contributed by atoms with Crippen LogP contribution in [0.5, 0.6) is 0 Å². The molecule has 0 fully saturated rings. The van der Waals surface area contributed by atoms with E-state index in [9.17, 15) is 32.3 Å². The third kappa shape index (κ3) is 4.02. The Morgan fingerprint density at radius 2 is 1.77 bits per heavy atom. The summed E-state index contributed by atoms with van der Waals surface area (Å²) in [6, 6.07) is 8.71. The van der Waals surface area contributed by atoms with E-state index in [-0.39, 0.29) is 17.9 Å². The van der Waals surface area contributed by atoms with Gasteiger partial charge in [-0.05, 0) is 41.3 Å². The van der Waals surface area contributed by atoms with Crippen LogP contribution in [0.4, 0.5) is 23.2 Å².